The lowest BCUT2D eigenvalue weighted by molar-refractivity contribution is -0.146. The van der Waals surface area contributed by atoms with Crippen LogP contribution in [0.1, 0.15) is 6.23 Å². The minimum atomic E-state index is -1.52. The summed E-state index contributed by atoms with van der Waals surface area (Å²) < 4.78 is 6.61. The summed E-state index contributed by atoms with van der Waals surface area (Å²) in [5.41, 5.74) is 7.60. The van der Waals surface area contributed by atoms with Crippen LogP contribution < -0.4 is 11.2 Å². The molecule has 0 bridgehead atoms. The predicted octanol–water partition coefficient (Wildman–Crippen LogP) is -2.47. The third-order valence-electron chi connectivity index (χ3n) is 3.27. The van der Waals surface area contributed by atoms with Gasteiger partial charge in [-0.15, -0.1) is 0 Å². The Hall–Kier alpha value is -2.34. The van der Waals surface area contributed by atoms with Gasteiger partial charge in [0.2, 0.25) is 0 Å². The number of aliphatic hydroxyl groups excluding tert-OH is 2. The van der Waals surface area contributed by atoms with Crippen molar-refractivity contribution in [1.29, 1.82) is 0 Å². The van der Waals surface area contributed by atoms with Crippen LogP contribution in [-0.4, -0.2) is 59.2 Å². The number of ether oxygens (including phenoxy) is 1. The number of fused-ring (bicyclic) bond motifs is 1. The summed E-state index contributed by atoms with van der Waals surface area (Å²) >= 11 is 0. The van der Waals surface area contributed by atoms with Crippen LogP contribution in [0.15, 0.2) is 12.7 Å². The number of hydroxylamine groups is 1. The number of imidazole rings is 1. The van der Waals surface area contributed by atoms with Crippen molar-refractivity contribution in [3.8, 4) is 0 Å². The zero-order valence-electron chi connectivity index (χ0n) is 10.5. The van der Waals surface area contributed by atoms with E-state index in [1.165, 1.54) is 22.7 Å². The van der Waals surface area contributed by atoms with Crippen LogP contribution in [-0.2, 0) is 9.53 Å². The first kappa shape index (κ1) is 13.6. The zero-order valence-corrected chi connectivity index (χ0v) is 10.5. The molecule has 0 unspecified atom stereocenters. The average Bonchev–Trinajstić information content (AvgIpc) is 3.02. The molecular formula is C10H12N6O5. The number of amides is 1. The largest absolute Gasteiger partial charge is 0.387 e. The minimum absolute atomic E-state index is 0.149. The van der Waals surface area contributed by atoms with Gasteiger partial charge < -0.3 is 20.7 Å². The zero-order chi connectivity index (χ0) is 15.1. The molecule has 0 radical (unpaired) electrons. The van der Waals surface area contributed by atoms with Gasteiger partial charge in [-0.2, -0.15) is 0 Å². The Morgan fingerprint density at radius 1 is 1.33 bits per heavy atom. The molecule has 3 heterocycles. The second-order valence-electron chi connectivity index (χ2n) is 4.49. The predicted molar refractivity (Wildman–Crippen MR) is 65.6 cm³/mol. The quantitative estimate of drug-likeness (QED) is 0.298. The Bertz CT molecular complexity index is 690. The summed E-state index contributed by atoms with van der Waals surface area (Å²) in [7, 11) is 0. The minimum Gasteiger partial charge on any atom is -0.387 e. The molecule has 2 aromatic heterocycles. The second-order valence-corrected chi connectivity index (χ2v) is 4.49. The molecule has 112 valence electrons. The van der Waals surface area contributed by atoms with E-state index in [2.05, 4.69) is 15.0 Å². The molecular weight excluding hydrogens is 284 g/mol. The van der Waals surface area contributed by atoms with Crippen LogP contribution in [0.2, 0.25) is 0 Å². The molecule has 0 spiro atoms. The molecule has 11 heteroatoms. The van der Waals surface area contributed by atoms with Crippen molar-refractivity contribution >= 4 is 22.9 Å². The number of nitrogens with two attached hydrogens (primary N) is 1. The van der Waals surface area contributed by atoms with Crippen molar-refractivity contribution in [2.75, 3.05) is 5.73 Å². The van der Waals surface area contributed by atoms with E-state index < -0.39 is 30.4 Å². The lowest BCUT2D eigenvalue weighted by Gasteiger charge is -2.16. The van der Waals surface area contributed by atoms with Crippen molar-refractivity contribution in [1.82, 2.24) is 25.0 Å². The third-order valence-corrected chi connectivity index (χ3v) is 3.27. The smallest absolute Gasteiger partial charge is 0.275 e. The van der Waals surface area contributed by atoms with E-state index >= 15 is 0 Å². The van der Waals surface area contributed by atoms with E-state index in [9.17, 15) is 15.0 Å². The first-order valence-electron chi connectivity index (χ1n) is 5.93. The lowest BCUT2D eigenvalue weighted by atomic mass is 10.1. The molecule has 1 aliphatic rings. The number of aromatic nitrogens is 4. The maximum Gasteiger partial charge on any atom is 0.275 e. The highest BCUT2D eigenvalue weighted by Gasteiger charge is 2.47. The van der Waals surface area contributed by atoms with Gasteiger partial charge in [-0.05, 0) is 0 Å². The normalized spacial score (nSPS) is 28.9. The highest BCUT2D eigenvalue weighted by atomic mass is 16.6. The summed E-state index contributed by atoms with van der Waals surface area (Å²) in [5.74, 6) is -0.820. The van der Waals surface area contributed by atoms with E-state index in [1.807, 2.05) is 0 Å². The van der Waals surface area contributed by atoms with Gasteiger partial charge in [0.15, 0.2) is 23.8 Å². The molecule has 1 amide bonds. The van der Waals surface area contributed by atoms with Crippen molar-refractivity contribution in [2.24, 2.45) is 0 Å². The molecule has 4 atom stereocenters. The monoisotopic (exact) mass is 296 g/mol. The molecule has 21 heavy (non-hydrogen) atoms. The van der Waals surface area contributed by atoms with Gasteiger partial charge >= 0.3 is 0 Å². The molecule has 1 saturated heterocycles. The third kappa shape index (κ3) is 1.99. The van der Waals surface area contributed by atoms with Gasteiger partial charge in [-0.25, -0.2) is 20.4 Å². The molecule has 3 rings (SSSR count). The molecule has 11 nitrogen and oxygen atoms in total. The van der Waals surface area contributed by atoms with Crippen LogP contribution in [0, 0.1) is 0 Å². The maximum atomic E-state index is 11.4. The van der Waals surface area contributed by atoms with Crippen LogP contribution in [0.3, 0.4) is 0 Å². The molecule has 1 aliphatic heterocycles. The van der Waals surface area contributed by atoms with Gasteiger partial charge in [-0.3, -0.25) is 14.6 Å². The maximum absolute atomic E-state index is 11.4. The highest BCUT2D eigenvalue weighted by Crippen LogP contribution is 2.31. The Balaban J connectivity index is 2.00. The number of rotatable bonds is 2. The molecule has 2 aromatic rings. The van der Waals surface area contributed by atoms with E-state index in [4.69, 9.17) is 15.7 Å². The molecule has 6 N–H and O–H groups in total. The SMILES string of the molecule is Nc1ncnc2c1ncn2[C@@H]1O[C@@H](C(=O)NO)[C@@H](O)[C@@H]1O. The topological polar surface area (TPSA) is 169 Å². The number of carbonyl (C=O) groups excluding carboxylic acids is 1. The first-order valence-corrected chi connectivity index (χ1v) is 5.93. The fraction of sp³-hybridized carbons (Fsp3) is 0.400. The second kappa shape index (κ2) is 4.89. The van der Waals surface area contributed by atoms with E-state index in [1.54, 1.807) is 0 Å². The summed E-state index contributed by atoms with van der Waals surface area (Å²) in [5, 5.41) is 28.4. The number of hydrogen-bond donors (Lipinski definition) is 5. The van der Waals surface area contributed by atoms with Crippen molar-refractivity contribution in [3.63, 3.8) is 0 Å². The number of nitrogens with zero attached hydrogens (tertiary/aromatic N) is 4. The number of anilines is 1. The highest BCUT2D eigenvalue weighted by molar-refractivity contribution is 5.82. The Kier molecular flexibility index (Phi) is 3.17. The number of aliphatic hydroxyl groups is 2. The first-order chi connectivity index (χ1) is 10.0. The fourth-order valence-electron chi connectivity index (χ4n) is 2.23. The summed E-state index contributed by atoms with van der Waals surface area (Å²) in [6.45, 7) is 0. The Morgan fingerprint density at radius 2 is 2.10 bits per heavy atom. The number of nitrogens with one attached hydrogen (secondary N) is 1. The van der Waals surface area contributed by atoms with Crippen LogP contribution >= 0.6 is 0 Å². The summed E-state index contributed by atoms with van der Waals surface area (Å²) in [4.78, 5) is 23.1. The van der Waals surface area contributed by atoms with Crippen LogP contribution in [0.25, 0.3) is 11.2 Å². The van der Waals surface area contributed by atoms with E-state index in [0.29, 0.717) is 5.52 Å². The van der Waals surface area contributed by atoms with Crippen LogP contribution in [0.5, 0.6) is 0 Å². The molecule has 1 fully saturated rings. The number of nitrogen functional groups attached to an aromatic ring is 1. The van der Waals surface area contributed by atoms with E-state index in [-0.39, 0.29) is 11.5 Å². The lowest BCUT2D eigenvalue weighted by Crippen LogP contribution is -2.41. The van der Waals surface area contributed by atoms with Gasteiger partial charge in [0, 0.05) is 0 Å². The fourth-order valence-corrected chi connectivity index (χ4v) is 2.23. The standard InChI is InChI=1S/C10H12N6O5/c11-7-3-8(13-1-12-7)16(2-14-3)10-5(18)4(17)6(21-10)9(19)15-20/h1-2,4-6,10,17-18,20H,(H,15,19)(H2,11,12,13)/t4-,5-,6+,10+/m0/s1. The average molecular weight is 296 g/mol. The molecule has 0 saturated carbocycles. The Labute approximate surface area is 117 Å². The van der Waals surface area contributed by atoms with Gasteiger partial charge in [0.05, 0.1) is 6.33 Å². The van der Waals surface area contributed by atoms with Gasteiger partial charge in [-0.1, -0.05) is 0 Å². The van der Waals surface area contributed by atoms with Crippen molar-refractivity contribution in [3.05, 3.63) is 12.7 Å². The van der Waals surface area contributed by atoms with Gasteiger partial charge in [0.25, 0.3) is 5.91 Å². The van der Waals surface area contributed by atoms with Crippen molar-refractivity contribution < 1.29 is 25.0 Å². The number of hydrogen-bond acceptors (Lipinski definition) is 9. The van der Waals surface area contributed by atoms with Crippen LogP contribution in [0.4, 0.5) is 5.82 Å². The van der Waals surface area contributed by atoms with Crippen molar-refractivity contribution in [2.45, 2.75) is 24.5 Å². The molecule has 0 aliphatic carbocycles. The molecule has 0 aromatic carbocycles. The summed E-state index contributed by atoms with van der Waals surface area (Å²) in [6.07, 6.45) is -2.95. The van der Waals surface area contributed by atoms with Gasteiger partial charge in [0.1, 0.15) is 24.1 Å². The number of carbonyl (C=O) groups is 1. The van der Waals surface area contributed by atoms with E-state index in [0.717, 1.165) is 0 Å². The Morgan fingerprint density at radius 3 is 2.81 bits per heavy atom. The summed E-state index contributed by atoms with van der Waals surface area (Å²) in [6, 6.07) is 0.